The average molecular weight is 232 g/mol. The van der Waals surface area contributed by atoms with Gasteiger partial charge in [0, 0.05) is 6.42 Å². The first-order valence-electron chi connectivity index (χ1n) is 4.03. The van der Waals surface area contributed by atoms with Crippen LogP contribution in [-0.2, 0) is 6.42 Å². The predicted octanol–water partition coefficient (Wildman–Crippen LogP) is 0.984. The molecule has 4 nitrogen and oxygen atoms in total. The third-order valence-corrected chi connectivity index (χ3v) is 2.39. The standard InChI is InChI=1S/C7H10BrN3O/c8-7-10-6(12-11-7)3-5-1-2-9-4-5/h5,9H,1-4H2. The number of aromatic nitrogens is 2. The maximum atomic E-state index is 4.99. The Morgan fingerprint density at radius 1 is 1.67 bits per heavy atom. The van der Waals surface area contributed by atoms with Crippen molar-refractivity contribution in [2.75, 3.05) is 13.1 Å². The number of hydrogen-bond acceptors (Lipinski definition) is 4. The molecule has 1 fully saturated rings. The van der Waals surface area contributed by atoms with Gasteiger partial charge < -0.3 is 9.84 Å². The van der Waals surface area contributed by atoms with Crippen LogP contribution in [0.1, 0.15) is 12.3 Å². The number of halogens is 1. The zero-order chi connectivity index (χ0) is 8.39. The summed E-state index contributed by atoms with van der Waals surface area (Å²) in [6.45, 7) is 2.18. The van der Waals surface area contributed by atoms with Crippen LogP contribution in [0.15, 0.2) is 9.26 Å². The summed E-state index contributed by atoms with van der Waals surface area (Å²) in [4.78, 5) is 4.09. The zero-order valence-electron chi connectivity index (χ0n) is 6.59. The summed E-state index contributed by atoms with van der Waals surface area (Å²) >= 11 is 3.15. The topological polar surface area (TPSA) is 51.0 Å². The van der Waals surface area contributed by atoms with Gasteiger partial charge in [0.05, 0.1) is 0 Å². The van der Waals surface area contributed by atoms with E-state index in [1.165, 1.54) is 6.42 Å². The van der Waals surface area contributed by atoms with Crippen LogP contribution in [-0.4, -0.2) is 23.2 Å². The van der Waals surface area contributed by atoms with Crippen molar-refractivity contribution in [1.82, 2.24) is 15.5 Å². The maximum Gasteiger partial charge on any atom is 0.238 e. The highest BCUT2D eigenvalue weighted by molar-refractivity contribution is 9.10. The summed E-state index contributed by atoms with van der Waals surface area (Å²) in [5.41, 5.74) is 0. The van der Waals surface area contributed by atoms with Gasteiger partial charge in [0.2, 0.25) is 10.6 Å². The molecule has 5 heteroatoms. The molecule has 0 spiro atoms. The Morgan fingerprint density at radius 3 is 3.17 bits per heavy atom. The SMILES string of the molecule is Brc1noc(CC2CCNC2)n1. The highest BCUT2D eigenvalue weighted by Crippen LogP contribution is 2.14. The Morgan fingerprint density at radius 2 is 2.58 bits per heavy atom. The van der Waals surface area contributed by atoms with E-state index in [1.807, 2.05) is 0 Å². The molecule has 0 aromatic carbocycles. The first-order chi connectivity index (χ1) is 5.84. The van der Waals surface area contributed by atoms with E-state index in [9.17, 15) is 0 Å². The monoisotopic (exact) mass is 231 g/mol. The van der Waals surface area contributed by atoms with E-state index < -0.39 is 0 Å². The van der Waals surface area contributed by atoms with Crippen molar-refractivity contribution >= 4 is 15.9 Å². The Labute approximate surface area is 78.9 Å². The maximum absolute atomic E-state index is 4.99. The molecule has 1 aliphatic heterocycles. The van der Waals surface area contributed by atoms with Gasteiger partial charge in [-0.1, -0.05) is 0 Å². The third kappa shape index (κ3) is 1.84. The van der Waals surface area contributed by atoms with Crippen LogP contribution >= 0.6 is 15.9 Å². The molecule has 1 N–H and O–H groups in total. The molecule has 0 bridgehead atoms. The van der Waals surface area contributed by atoms with E-state index in [-0.39, 0.29) is 0 Å². The minimum absolute atomic E-state index is 0.545. The predicted molar refractivity (Wildman–Crippen MR) is 46.7 cm³/mol. The van der Waals surface area contributed by atoms with Crippen LogP contribution < -0.4 is 5.32 Å². The molecule has 2 heterocycles. The van der Waals surface area contributed by atoms with E-state index in [0.29, 0.717) is 10.7 Å². The molecule has 1 aromatic rings. The van der Waals surface area contributed by atoms with Gasteiger partial charge in [-0.05, 0) is 46.5 Å². The second kappa shape index (κ2) is 3.53. The van der Waals surface area contributed by atoms with E-state index >= 15 is 0 Å². The number of hydrogen-bond donors (Lipinski definition) is 1. The van der Waals surface area contributed by atoms with E-state index in [1.54, 1.807) is 0 Å². The second-order valence-corrected chi connectivity index (χ2v) is 3.73. The lowest BCUT2D eigenvalue weighted by Gasteiger charge is -2.01. The molecule has 12 heavy (non-hydrogen) atoms. The molecule has 1 saturated heterocycles. The molecule has 66 valence electrons. The molecule has 0 aliphatic carbocycles. The quantitative estimate of drug-likeness (QED) is 0.825. The fraction of sp³-hybridized carbons (Fsp3) is 0.714. The molecular weight excluding hydrogens is 222 g/mol. The summed E-state index contributed by atoms with van der Waals surface area (Å²) in [6, 6.07) is 0. The van der Waals surface area contributed by atoms with Gasteiger partial charge in [-0.2, -0.15) is 4.98 Å². The van der Waals surface area contributed by atoms with Crippen LogP contribution in [0, 0.1) is 5.92 Å². The van der Waals surface area contributed by atoms with Gasteiger partial charge in [-0.25, -0.2) is 0 Å². The first kappa shape index (κ1) is 8.19. The number of nitrogens with zero attached hydrogens (tertiary/aromatic N) is 2. The molecule has 1 atom stereocenters. The van der Waals surface area contributed by atoms with Gasteiger partial charge in [-0.15, -0.1) is 0 Å². The summed E-state index contributed by atoms with van der Waals surface area (Å²) in [5.74, 6) is 1.40. The van der Waals surface area contributed by atoms with Crippen molar-refractivity contribution in [3.8, 4) is 0 Å². The van der Waals surface area contributed by atoms with Crippen molar-refractivity contribution in [2.24, 2.45) is 5.92 Å². The molecule has 1 aromatic heterocycles. The molecular formula is C7H10BrN3O. The van der Waals surface area contributed by atoms with Gasteiger partial charge in [0.25, 0.3) is 0 Å². The highest BCUT2D eigenvalue weighted by Gasteiger charge is 2.17. The van der Waals surface area contributed by atoms with E-state index in [4.69, 9.17) is 4.52 Å². The van der Waals surface area contributed by atoms with Crippen molar-refractivity contribution < 1.29 is 4.52 Å². The van der Waals surface area contributed by atoms with Crippen molar-refractivity contribution in [3.05, 3.63) is 10.6 Å². The summed E-state index contributed by atoms with van der Waals surface area (Å²) in [6.07, 6.45) is 2.10. The molecule has 1 unspecified atom stereocenters. The van der Waals surface area contributed by atoms with Gasteiger partial charge >= 0.3 is 0 Å². The largest absolute Gasteiger partial charge is 0.338 e. The summed E-state index contributed by atoms with van der Waals surface area (Å²) in [7, 11) is 0. The van der Waals surface area contributed by atoms with Crippen molar-refractivity contribution in [1.29, 1.82) is 0 Å². The van der Waals surface area contributed by atoms with E-state index in [0.717, 1.165) is 25.4 Å². The van der Waals surface area contributed by atoms with Gasteiger partial charge in [-0.3, -0.25) is 0 Å². The highest BCUT2D eigenvalue weighted by atomic mass is 79.9. The Balaban J connectivity index is 1.94. The second-order valence-electron chi connectivity index (χ2n) is 3.02. The third-order valence-electron chi connectivity index (χ3n) is 2.07. The lowest BCUT2D eigenvalue weighted by molar-refractivity contribution is 0.355. The van der Waals surface area contributed by atoms with Gasteiger partial charge in [0.1, 0.15) is 0 Å². The Hall–Kier alpha value is -0.420. The normalized spacial score (nSPS) is 23.2. The summed E-state index contributed by atoms with van der Waals surface area (Å²) in [5, 5.41) is 6.97. The number of rotatable bonds is 2. The van der Waals surface area contributed by atoms with Crippen LogP contribution in [0.25, 0.3) is 0 Å². The van der Waals surface area contributed by atoms with Crippen LogP contribution in [0.3, 0.4) is 0 Å². The van der Waals surface area contributed by atoms with Crippen LogP contribution in [0.2, 0.25) is 0 Å². The summed E-state index contributed by atoms with van der Waals surface area (Å²) < 4.78 is 5.54. The Kier molecular flexibility index (Phi) is 2.41. The lowest BCUT2D eigenvalue weighted by Crippen LogP contribution is -2.10. The van der Waals surface area contributed by atoms with Gasteiger partial charge in [0.15, 0.2) is 0 Å². The Bertz CT molecular complexity index is 257. The minimum atomic E-state index is 0.545. The van der Waals surface area contributed by atoms with Crippen LogP contribution in [0.4, 0.5) is 0 Å². The lowest BCUT2D eigenvalue weighted by atomic mass is 10.1. The fourth-order valence-electron chi connectivity index (χ4n) is 1.45. The zero-order valence-corrected chi connectivity index (χ0v) is 8.17. The average Bonchev–Trinajstić information content (AvgIpc) is 2.63. The van der Waals surface area contributed by atoms with Crippen molar-refractivity contribution in [3.63, 3.8) is 0 Å². The molecule has 2 rings (SSSR count). The smallest absolute Gasteiger partial charge is 0.238 e. The molecule has 0 saturated carbocycles. The van der Waals surface area contributed by atoms with Crippen molar-refractivity contribution in [2.45, 2.75) is 12.8 Å². The van der Waals surface area contributed by atoms with Crippen LogP contribution in [0.5, 0.6) is 0 Å². The molecule has 0 amide bonds. The molecule has 0 radical (unpaired) electrons. The minimum Gasteiger partial charge on any atom is -0.338 e. The number of nitrogens with one attached hydrogen (secondary N) is 1. The fourth-order valence-corrected chi connectivity index (χ4v) is 1.72. The molecule has 1 aliphatic rings. The van der Waals surface area contributed by atoms with E-state index in [2.05, 4.69) is 31.4 Å². The first-order valence-corrected chi connectivity index (χ1v) is 4.82.